The Hall–Kier alpha value is -2.52. The van der Waals surface area contributed by atoms with Crippen LogP contribution in [0.1, 0.15) is 81.6 Å². The summed E-state index contributed by atoms with van der Waals surface area (Å²) >= 11 is 0. The lowest BCUT2D eigenvalue weighted by atomic mass is 10.0. The van der Waals surface area contributed by atoms with Gasteiger partial charge in [0.15, 0.2) is 5.82 Å². The molecule has 0 bridgehead atoms. The summed E-state index contributed by atoms with van der Waals surface area (Å²) in [5, 5.41) is 6.98. The van der Waals surface area contributed by atoms with E-state index in [1.807, 2.05) is 13.8 Å². The number of rotatable bonds is 8. The summed E-state index contributed by atoms with van der Waals surface area (Å²) in [7, 11) is -3.48. The summed E-state index contributed by atoms with van der Waals surface area (Å²) in [4.78, 5) is 17.3. The Morgan fingerprint density at radius 3 is 2.39 bits per heavy atom. The van der Waals surface area contributed by atoms with E-state index < -0.39 is 10.0 Å². The second kappa shape index (κ2) is 10.2. The van der Waals surface area contributed by atoms with Crippen LogP contribution in [0.3, 0.4) is 0 Å². The molecule has 1 aromatic carbocycles. The van der Waals surface area contributed by atoms with Crippen LogP contribution in [0.4, 0.5) is 0 Å². The molecule has 2 aliphatic rings. The van der Waals surface area contributed by atoms with Gasteiger partial charge in [-0.1, -0.05) is 44.0 Å². The zero-order valence-corrected chi connectivity index (χ0v) is 20.1. The summed E-state index contributed by atoms with van der Waals surface area (Å²) in [6.45, 7) is 5.12. The van der Waals surface area contributed by atoms with E-state index in [0.717, 1.165) is 49.9 Å². The molecule has 8 nitrogen and oxygen atoms in total. The van der Waals surface area contributed by atoms with E-state index in [-0.39, 0.29) is 22.8 Å². The molecule has 4 rings (SSSR count). The van der Waals surface area contributed by atoms with Crippen molar-refractivity contribution < 1.29 is 17.7 Å². The fourth-order valence-corrected chi connectivity index (χ4v) is 5.47. The van der Waals surface area contributed by atoms with Crippen molar-refractivity contribution in [2.75, 3.05) is 13.1 Å². The Morgan fingerprint density at radius 1 is 1.12 bits per heavy atom. The van der Waals surface area contributed by atoms with Crippen molar-refractivity contribution in [3.05, 3.63) is 47.6 Å². The molecule has 9 heteroatoms. The highest BCUT2D eigenvalue weighted by atomic mass is 32.2. The van der Waals surface area contributed by atoms with Crippen molar-refractivity contribution in [2.24, 2.45) is 5.92 Å². The Bertz CT molecular complexity index is 1080. The Kier molecular flexibility index (Phi) is 7.29. The van der Waals surface area contributed by atoms with E-state index in [9.17, 15) is 13.2 Å². The summed E-state index contributed by atoms with van der Waals surface area (Å²) in [6, 6.07) is 6.27. The number of benzene rings is 1. The highest BCUT2D eigenvalue weighted by Gasteiger charge is 2.31. The maximum absolute atomic E-state index is 12.9. The largest absolute Gasteiger partial charge is 0.340 e. The molecule has 2 heterocycles. The summed E-state index contributed by atoms with van der Waals surface area (Å²) < 4.78 is 32.8. The van der Waals surface area contributed by atoms with Gasteiger partial charge in [0.1, 0.15) is 6.04 Å². The van der Waals surface area contributed by atoms with E-state index in [2.05, 4.69) is 15.5 Å². The van der Waals surface area contributed by atoms with Crippen LogP contribution in [-0.4, -0.2) is 41.9 Å². The van der Waals surface area contributed by atoms with Gasteiger partial charge in [0.25, 0.3) is 0 Å². The molecule has 1 saturated heterocycles. The maximum atomic E-state index is 12.9. The predicted octanol–water partition coefficient (Wildman–Crippen LogP) is 4.04. The lowest BCUT2D eigenvalue weighted by Gasteiger charge is -2.19. The summed E-state index contributed by atoms with van der Waals surface area (Å²) in [5.41, 5.74) is 0.745. The van der Waals surface area contributed by atoms with Gasteiger partial charge in [-0.05, 0) is 55.4 Å². The molecular weight excluding hydrogens is 440 g/mol. The fourth-order valence-electron chi connectivity index (χ4n) is 3.95. The van der Waals surface area contributed by atoms with E-state index in [4.69, 9.17) is 4.52 Å². The van der Waals surface area contributed by atoms with Gasteiger partial charge in [0.2, 0.25) is 21.8 Å². The first kappa shape index (κ1) is 23.6. The summed E-state index contributed by atoms with van der Waals surface area (Å²) in [6.07, 6.45) is 9.21. The number of nitrogens with zero attached hydrogens (tertiary/aromatic N) is 3. The normalized spacial score (nSPS) is 19.0. The molecule has 0 spiro atoms. The summed E-state index contributed by atoms with van der Waals surface area (Å²) in [5.74, 6) is 1.34. The number of sulfonamides is 1. The average molecular weight is 473 g/mol. The third-order valence-electron chi connectivity index (χ3n) is 6.14. The second-order valence-electron chi connectivity index (χ2n) is 9.22. The van der Waals surface area contributed by atoms with Crippen molar-refractivity contribution >= 4 is 22.0 Å². The number of nitrogens with one attached hydrogen (secondary N) is 1. The van der Waals surface area contributed by atoms with E-state index in [0.29, 0.717) is 24.9 Å². The van der Waals surface area contributed by atoms with Gasteiger partial charge in [0, 0.05) is 25.1 Å². The fraction of sp³-hybridized carbons (Fsp3) is 0.542. The maximum Gasteiger partial charge on any atom is 0.249 e. The van der Waals surface area contributed by atoms with Crippen LogP contribution in [0.25, 0.3) is 6.08 Å². The molecule has 1 saturated carbocycles. The highest BCUT2D eigenvalue weighted by Crippen LogP contribution is 2.38. The predicted molar refractivity (Wildman–Crippen MR) is 125 cm³/mol. The number of hydrogen-bond donors (Lipinski definition) is 1. The first-order valence-electron chi connectivity index (χ1n) is 11.8. The monoisotopic (exact) mass is 472 g/mol. The zero-order valence-electron chi connectivity index (χ0n) is 19.2. The minimum atomic E-state index is -3.48. The van der Waals surface area contributed by atoms with Crippen LogP contribution in [0.15, 0.2) is 39.8 Å². The van der Waals surface area contributed by atoms with Gasteiger partial charge in [-0.3, -0.25) is 4.79 Å². The molecule has 1 N–H and O–H groups in total. The third kappa shape index (κ3) is 5.89. The molecule has 1 unspecified atom stereocenters. The van der Waals surface area contributed by atoms with Crippen LogP contribution < -0.4 is 5.32 Å². The van der Waals surface area contributed by atoms with Gasteiger partial charge < -0.3 is 9.84 Å². The molecule has 0 radical (unpaired) electrons. The molecular formula is C24H32N4O4S. The molecule has 1 atom stereocenters. The lowest BCUT2D eigenvalue weighted by molar-refractivity contribution is -0.117. The Labute approximate surface area is 195 Å². The quantitative estimate of drug-likeness (QED) is 0.582. The van der Waals surface area contributed by atoms with Gasteiger partial charge in [-0.25, -0.2) is 8.42 Å². The SMILES string of the molecule is CC(C)C(NC(=O)/C=C/c1ccc(S(=O)(=O)N2CCCCCC2)cc1)c1nc(C2CC2)no1. The number of amides is 1. The van der Waals surface area contributed by atoms with Crippen LogP contribution in [-0.2, 0) is 14.8 Å². The van der Waals surface area contributed by atoms with Gasteiger partial charge >= 0.3 is 0 Å². The molecule has 2 aromatic rings. The molecule has 1 aliphatic carbocycles. The van der Waals surface area contributed by atoms with E-state index in [1.165, 1.54) is 6.08 Å². The van der Waals surface area contributed by atoms with Gasteiger partial charge in [-0.15, -0.1) is 0 Å². The van der Waals surface area contributed by atoms with Crippen molar-refractivity contribution in [3.8, 4) is 0 Å². The second-order valence-corrected chi connectivity index (χ2v) is 11.2. The van der Waals surface area contributed by atoms with Crippen molar-refractivity contribution in [1.82, 2.24) is 19.8 Å². The van der Waals surface area contributed by atoms with E-state index in [1.54, 1.807) is 34.6 Å². The molecule has 1 amide bonds. The topological polar surface area (TPSA) is 105 Å². The first-order valence-corrected chi connectivity index (χ1v) is 13.2. The Balaban J connectivity index is 1.38. The van der Waals surface area contributed by atoms with E-state index >= 15 is 0 Å². The number of carbonyl (C=O) groups is 1. The number of aromatic nitrogens is 2. The van der Waals surface area contributed by atoms with Crippen molar-refractivity contribution in [2.45, 2.75) is 69.2 Å². The minimum Gasteiger partial charge on any atom is -0.340 e. The highest BCUT2D eigenvalue weighted by molar-refractivity contribution is 7.89. The minimum absolute atomic E-state index is 0.0818. The van der Waals surface area contributed by atoms with Crippen LogP contribution in [0.5, 0.6) is 0 Å². The molecule has 1 aromatic heterocycles. The number of carbonyl (C=O) groups excluding carboxylic acids is 1. The molecule has 33 heavy (non-hydrogen) atoms. The molecule has 1 aliphatic heterocycles. The van der Waals surface area contributed by atoms with Gasteiger partial charge in [0.05, 0.1) is 4.90 Å². The van der Waals surface area contributed by atoms with Gasteiger partial charge in [-0.2, -0.15) is 9.29 Å². The standard InChI is InChI=1S/C24H32N4O4S/c1-17(2)22(24-26-23(27-32-24)19-10-11-19)25-21(29)14-9-18-7-12-20(13-8-18)33(30,31)28-15-5-3-4-6-16-28/h7-9,12-14,17,19,22H,3-6,10-11,15-16H2,1-2H3,(H,25,29)/b14-9+. The zero-order chi connectivity index (χ0) is 23.4. The molecule has 2 fully saturated rings. The third-order valence-corrected chi connectivity index (χ3v) is 8.05. The van der Waals surface area contributed by atoms with Crippen LogP contribution in [0.2, 0.25) is 0 Å². The van der Waals surface area contributed by atoms with Crippen LogP contribution >= 0.6 is 0 Å². The Morgan fingerprint density at radius 2 is 1.79 bits per heavy atom. The smallest absolute Gasteiger partial charge is 0.249 e. The first-order chi connectivity index (χ1) is 15.8. The van der Waals surface area contributed by atoms with Crippen LogP contribution in [0, 0.1) is 5.92 Å². The average Bonchev–Trinajstić information content (AvgIpc) is 3.59. The van der Waals surface area contributed by atoms with Crippen molar-refractivity contribution in [1.29, 1.82) is 0 Å². The lowest BCUT2D eigenvalue weighted by Crippen LogP contribution is -2.31. The number of hydrogen-bond acceptors (Lipinski definition) is 6. The molecule has 178 valence electrons. The van der Waals surface area contributed by atoms with Crippen molar-refractivity contribution in [3.63, 3.8) is 0 Å².